The largest absolute Gasteiger partial charge is 0.461 e. The molecule has 15 nitrogen and oxygen atoms in total. The van der Waals surface area contributed by atoms with Crippen LogP contribution in [0, 0.1) is 17.8 Å². The quantitative estimate of drug-likeness (QED) is 0.0820. The van der Waals surface area contributed by atoms with Gasteiger partial charge in [-0.3, -0.25) is 33.7 Å². The van der Waals surface area contributed by atoms with E-state index >= 15 is 0 Å². The van der Waals surface area contributed by atoms with Crippen molar-refractivity contribution in [1.82, 2.24) is 15.5 Å². The number of aliphatic hydroxyl groups excluding tert-OH is 1. The number of nitrogens with one attached hydrogen (secondary N) is 3. The van der Waals surface area contributed by atoms with Crippen LogP contribution in [0.3, 0.4) is 0 Å². The molecule has 47 heavy (non-hydrogen) atoms. The average Bonchev–Trinajstić information content (AvgIpc) is 3.27. The van der Waals surface area contributed by atoms with Crippen LogP contribution >= 0.6 is 12.6 Å². The number of carbonyl (C=O) groups is 7. The van der Waals surface area contributed by atoms with Gasteiger partial charge in [0.2, 0.25) is 30.4 Å². The van der Waals surface area contributed by atoms with Crippen LogP contribution in [0.15, 0.2) is 24.3 Å². The number of aliphatic hydroxyl groups is 1. The van der Waals surface area contributed by atoms with Crippen molar-refractivity contribution >= 4 is 60.0 Å². The molecule has 3 rings (SSSR count). The van der Waals surface area contributed by atoms with E-state index in [1.807, 2.05) is 0 Å². The molecular formula is C31H42N4O11S. The van der Waals surface area contributed by atoms with Crippen LogP contribution in [0.2, 0.25) is 0 Å². The smallest absolute Gasteiger partial charge is 0.410 e. The van der Waals surface area contributed by atoms with Gasteiger partial charge in [0.1, 0.15) is 18.7 Å². The molecule has 1 aromatic rings. The van der Waals surface area contributed by atoms with Gasteiger partial charge in [-0.05, 0) is 55.2 Å². The number of hydrogen-bond donors (Lipinski definition) is 5. The highest BCUT2D eigenvalue weighted by Gasteiger charge is 2.38. The number of thiol groups is 1. The summed E-state index contributed by atoms with van der Waals surface area (Å²) >= 11 is 4.13. The minimum Gasteiger partial charge on any atom is -0.461 e. The molecule has 1 saturated heterocycles. The van der Waals surface area contributed by atoms with Gasteiger partial charge < -0.3 is 35.3 Å². The number of ether oxygens (including phenoxy) is 3. The number of nitrogens with zero attached hydrogens (tertiary/aromatic N) is 1. The van der Waals surface area contributed by atoms with Gasteiger partial charge in [-0.1, -0.05) is 26.0 Å². The van der Waals surface area contributed by atoms with Crippen LogP contribution in [0.4, 0.5) is 10.5 Å². The lowest BCUT2D eigenvalue weighted by Gasteiger charge is -2.29. The Hall–Kier alpha value is -4.18. The van der Waals surface area contributed by atoms with Crippen molar-refractivity contribution < 1.29 is 52.9 Å². The third kappa shape index (κ3) is 11.2. The molecule has 3 atom stereocenters. The lowest BCUT2D eigenvalue weighted by Crippen LogP contribution is -2.55. The molecule has 1 unspecified atom stereocenters. The van der Waals surface area contributed by atoms with Gasteiger partial charge in [0.15, 0.2) is 0 Å². The SMILES string of the molecule is CC(=O)OCc1ccc(NC(=O)[C@H](CO)NC(=O)[C@@H](NC(=O)OCOC(=O)C2CCC(CN3C(=O)CC(S)C3=O)CC2)C(C)C)cc1. The maximum absolute atomic E-state index is 13.0. The number of esters is 2. The summed E-state index contributed by atoms with van der Waals surface area (Å²) in [6.45, 7) is 3.57. The van der Waals surface area contributed by atoms with E-state index in [9.17, 15) is 38.7 Å². The first-order chi connectivity index (χ1) is 22.3. The van der Waals surface area contributed by atoms with Gasteiger partial charge in [-0.2, -0.15) is 12.6 Å². The van der Waals surface area contributed by atoms with Crippen LogP contribution in [-0.2, 0) is 49.6 Å². The number of benzene rings is 1. The molecule has 1 aliphatic heterocycles. The minimum atomic E-state index is -1.34. The normalized spacial score (nSPS) is 20.6. The van der Waals surface area contributed by atoms with E-state index in [1.54, 1.807) is 38.1 Å². The molecule has 1 heterocycles. The fourth-order valence-electron chi connectivity index (χ4n) is 5.21. The molecule has 1 aliphatic carbocycles. The highest BCUT2D eigenvalue weighted by molar-refractivity contribution is 7.81. The van der Waals surface area contributed by atoms with E-state index in [2.05, 4.69) is 28.6 Å². The van der Waals surface area contributed by atoms with Gasteiger partial charge >= 0.3 is 18.0 Å². The maximum atomic E-state index is 13.0. The molecular weight excluding hydrogens is 636 g/mol. The van der Waals surface area contributed by atoms with Crippen LogP contribution in [0.1, 0.15) is 58.4 Å². The second-order valence-corrected chi connectivity index (χ2v) is 12.5. The Kier molecular flexibility index (Phi) is 14.0. The number of amides is 5. The molecule has 2 fully saturated rings. The number of rotatable bonds is 14. The molecule has 1 aromatic carbocycles. The number of carbonyl (C=O) groups excluding carboxylic acids is 7. The van der Waals surface area contributed by atoms with Gasteiger partial charge in [0, 0.05) is 25.6 Å². The molecule has 4 N–H and O–H groups in total. The Balaban J connectivity index is 1.40. The zero-order chi connectivity index (χ0) is 34.7. The van der Waals surface area contributed by atoms with E-state index in [4.69, 9.17) is 14.2 Å². The molecule has 16 heteroatoms. The lowest BCUT2D eigenvalue weighted by atomic mass is 9.82. The molecule has 5 amide bonds. The first-order valence-electron chi connectivity index (χ1n) is 15.4. The van der Waals surface area contributed by atoms with E-state index in [0.29, 0.717) is 43.5 Å². The minimum absolute atomic E-state index is 0.0701. The van der Waals surface area contributed by atoms with Crippen LogP contribution < -0.4 is 16.0 Å². The third-order valence-electron chi connectivity index (χ3n) is 7.93. The monoisotopic (exact) mass is 678 g/mol. The molecule has 2 aliphatic rings. The molecule has 258 valence electrons. The van der Waals surface area contributed by atoms with E-state index in [-0.39, 0.29) is 30.8 Å². The molecule has 0 spiro atoms. The standard InChI is InChI=1S/C31H42N4O11S/c1-17(2)26(28(40)33-23(14-36)27(39)32-22-10-6-20(7-11-22)15-44-18(3)37)34-31(43)46-16-45-30(42)21-8-4-19(5-9-21)13-35-25(38)12-24(47)29(35)41/h6-7,10-11,17,19,21,23-24,26,36,47H,4-5,8-9,12-16H2,1-3H3,(H,32,39)(H,33,40)(H,34,43)/t19?,21?,23-,24?,26-/m0/s1. The second kappa shape index (κ2) is 17.7. The fraction of sp³-hybridized carbons (Fsp3) is 0.581. The zero-order valence-corrected chi connectivity index (χ0v) is 27.5. The van der Waals surface area contributed by atoms with Crippen molar-refractivity contribution in [3.05, 3.63) is 29.8 Å². The highest BCUT2D eigenvalue weighted by atomic mass is 32.1. The summed E-state index contributed by atoms with van der Waals surface area (Å²) in [5, 5.41) is 16.5. The summed E-state index contributed by atoms with van der Waals surface area (Å²) in [5.41, 5.74) is 1.07. The number of likely N-dealkylation sites (tertiary alicyclic amines) is 1. The zero-order valence-electron chi connectivity index (χ0n) is 26.6. The summed E-state index contributed by atoms with van der Waals surface area (Å²) in [6.07, 6.45) is 1.30. The van der Waals surface area contributed by atoms with Crippen molar-refractivity contribution in [2.75, 3.05) is 25.3 Å². The summed E-state index contributed by atoms with van der Waals surface area (Å²) in [6, 6.07) is 3.93. The van der Waals surface area contributed by atoms with Gasteiger partial charge in [0.25, 0.3) is 0 Å². The molecule has 0 aromatic heterocycles. The first kappa shape index (κ1) is 37.3. The Labute approximate surface area is 277 Å². The van der Waals surface area contributed by atoms with Gasteiger partial charge in [0.05, 0.1) is 17.8 Å². The van der Waals surface area contributed by atoms with Crippen LogP contribution in [-0.4, -0.2) is 88.9 Å². The maximum Gasteiger partial charge on any atom is 0.410 e. The summed E-state index contributed by atoms with van der Waals surface area (Å²) in [7, 11) is 0. The van der Waals surface area contributed by atoms with Crippen molar-refractivity contribution in [3.63, 3.8) is 0 Å². The second-order valence-electron chi connectivity index (χ2n) is 11.9. The average molecular weight is 679 g/mol. The van der Waals surface area contributed by atoms with Crippen molar-refractivity contribution in [2.45, 2.75) is 76.8 Å². The molecule has 0 bridgehead atoms. The predicted molar refractivity (Wildman–Crippen MR) is 168 cm³/mol. The Morgan fingerprint density at radius 3 is 2.17 bits per heavy atom. The molecule has 0 radical (unpaired) electrons. The fourth-order valence-corrected chi connectivity index (χ4v) is 5.51. The van der Waals surface area contributed by atoms with Gasteiger partial charge in [-0.25, -0.2) is 4.79 Å². The van der Waals surface area contributed by atoms with Gasteiger partial charge in [-0.15, -0.1) is 0 Å². The summed E-state index contributed by atoms with van der Waals surface area (Å²) in [5.74, 6) is -3.75. The Bertz CT molecular complexity index is 1310. The topological polar surface area (TPSA) is 207 Å². The number of hydrogen-bond acceptors (Lipinski definition) is 12. The first-order valence-corrected chi connectivity index (χ1v) is 15.9. The third-order valence-corrected chi connectivity index (χ3v) is 8.34. The number of alkyl carbamates (subject to hydrolysis) is 1. The van der Waals surface area contributed by atoms with Crippen molar-refractivity contribution in [2.24, 2.45) is 17.8 Å². The number of anilines is 1. The summed E-state index contributed by atoms with van der Waals surface area (Å²) in [4.78, 5) is 87.0. The molecule has 1 saturated carbocycles. The predicted octanol–water partition coefficient (Wildman–Crippen LogP) is 1.28. The van der Waals surface area contributed by atoms with E-state index in [1.165, 1.54) is 11.8 Å². The van der Waals surface area contributed by atoms with Crippen LogP contribution in [0.5, 0.6) is 0 Å². The number of imide groups is 1. The summed E-state index contributed by atoms with van der Waals surface area (Å²) < 4.78 is 15.0. The van der Waals surface area contributed by atoms with Crippen LogP contribution in [0.25, 0.3) is 0 Å². The highest BCUT2D eigenvalue weighted by Crippen LogP contribution is 2.31. The Morgan fingerprint density at radius 1 is 0.957 bits per heavy atom. The van der Waals surface area contributed by atoms with Crippen molar-refractivity contribution in [3.8, 4) is 0 Å². The lowest BCUT2D eigenvalue weighted by molar-refractivity contribution is -0.159. The Morgan fingerprint density at radius 2 is 1.62 bits per heavy atom. The van der Waals surface area contributed by atoms with E-state index < -0.39 is 72.4 Å². The van der Waals surface area contributed by atoms with E-state index in [0.717, 1.165) is 0 Å². The van der Waals surface area contributed by atoms with Crippen molar-refractivity contribution in [1.29, 1.82) is 0 Å².